The first-order chi connectivity index (χ1) is 20.2. The Kier molecular flexibility index (Phi) is 11.9. The highest BCUT2D eigenvalue weighted by molar-refractivity contribution is 6.01. The lowest BCUT2D eigenvalue weighted by molar-refractivity contribution is -0.132. The van der Waals surface area contributed by atoms with Crippen molar-refractivity contribution in [3.05, 3.63) is 72.3 Å². The molecule has 0 radical (unpaired) electrons. The molecule has 3 aromatic carbocycles. The summed E-state index contributed by atoms with van der Waals surface area (Å²) in [6.07, 6.45) is -0.0366. The zero-order valence-corrected chi connectivity index (χ0v) is 23.2. The molecule has 0 aliphatic rings. The first-order valence-corrected chi connectivity index (χ1v) is 13.2. The van der Waals surface area contributed by atoms with Crippen LogP contribution in [0.5, 0.6) is 5.75 Å². The van der Waals surface area contributed by atoms with Crippen LogP contribution in [0, 0.1) is 0 Å². The van der Waals surface area contributed by atoms with Gasteiger partial charge in [0.1, 0.15) is 24.9 Å². The number of hydrogen-bond donors (Lipinski definition) is 6. The molecule has 0 unspecified atom stereocenters. The van der Waals surface area contributed by atoms with Crippen LogP contribution in [0.15, 0.2) is 71.7 Å². The summed E-state index contributed by atoms with van der Waals surface area (Å²) in [5.74, 6) is -1.41. The molecule has 0 aliphatic heterocycles. The van der Waals surface area contributed by atoms with E-state index in [9.17, 15) is 19.2 Å². The Morgan fingerprint density at radius 1 is 0.905 bits per heavy atom. The first kappa shape index (κ1) is 31.2. The summed E-state index contributed by atoms with van der Waals surface area (Å²) >= 11 is 0. The van der Waals surface area contributed by atoms with Crippen LogP contribution < -0.4 is 37.5 Å². The summed E-state index contributed by atoms with van der Waals surface area (Å²) < 4.78 is 10.5. The lowest BCUT2D eigenvalue weighted by atomic mass is 10.1. The van der Waals surface area contributed by atoms with Gasteiger partial charge in [0.2, 0.25) is 17.7 Å². The number of hydrogen-bond acceptors (Lipinski definition) is 8. The van der Waals surface area contributed by atoms with Gasteiger partial charge in [-0.15, -0.1) is 0 Å². The predicted molar refractivity (Wildman–Crippen MR) is 159 cm³/mol. The monoisotopic (exact) mass is 577 g/mol. The molecule has 4 amide bonds. The maximum Gasteiger partial charge on any atom is 0.407 e. The molecule has 13 heteroatoms. The number of rotatable bonds is 14. The van der Waals surface area contributed by atoms with Crippen molar-refractivity contribution in [2.24, 2.45) is 16.5 Å². The molecule has 0 saturated carbocycles. The van der Waals surface area contributed by atoms with Gasteiger partial charge in [0, 0.05) is 23.7 Å². The van der Waals surface area contributed by atoms with Gasteiger partial charge in [-0.1, -0.05) is 54.6 Å². The highest BCUT2D eigenvalue weighted by atomic mass is 16.5. The van der Waals surface area contributed by atoms with E-state index in [0.29, 0.717) is 30.8 Å². The van der Waals surface area contributed by atoms with Crippen LogP contribution in [0.1, 0.15) is 18.4 Å². The van der Waals surface area contributed by atoms with Crippen molar-refractivity contribution in [3.8, 4) is 5.75 Å². The normalized spacial score (nSPS) is 11.1. The molecule has 1 atom stereocenters. The third kappa shape index (κ3) is 10.3. The van der Waals surface area contributed by atoms with Crippen LogP contribution in [0.3, 0.4) is 0 Å². The molecular formula is C29H35N7O6. The zero-order chi connectivity index (χ0) is 30.3. The van der Waals surface area contributed by atoms with Crippen LogP contribution in [-0.4, -0.2) is 62.6 Å². The minimum atomic E-state index is -0.828. The Balaban J connectivity index is 1.52. The fraction of sp³-hybridized carbons (Fsp3) is 0.276. The number of guanidine groups is 1. The molecule has 0 aliphatic carbocycles. The number of ether oxygens (including phenoxy) is 2. The number of alkyl carbamates (subject to hydrolysis) is 1. The number of methoxy groups -OCH3 is 1. The van der Waals surface area contributed by atoms with E-state index in [1.165, 1.54) is 0 Å². The number of amides is 4. The summed E-state index contributed by atoms with van der Waals surface area (Å²) in [5.41, 5.74) is 12.2. The van der Waals surface area contributed by atoms with Gasteiger partial charge in [0.05, 0.1) is 13.7 Å². The molecule has 0 fully saturated rings. The van der Waals surface area contributed by atoms with Crippen molar-refractivity contribution < 1.29 is 28.7 Å². The van der Waals surface area contributed by atoms with Crippen LogP contribution in [-0.2, 0) is 25.7 Å². The third-order valence-corrected chi connectivity index (χ3v) is 5.96. The van der Waals surface area contributed by atoms with Crippen molar-refractivity contribution in [2.45, 2.75) is 25.5 Å². The van der Waals surface area contributed by atoms with E-state index in [1.54, 1.807) is 25.3 Å². The van der Waals surface area contributed by atoms with Gasteiger partial charge in [0.15, 0.2) is 5.96 Å². The van der Waals surface area contributed by atoms with Crippen molar-refractivity contribution >= 4 is 46.2 Å². The summed E-state index contributed by atoms with van der Waals surface area (Å²) in [6, 6.07) is 19.5. The van der Waals surface area contributed by atoms with E-state index in [0.717, 1.165) is 16.3 Å². The summed E-state index contributed by atoms with van der Waals surface area (Å²) in [6.45, 7) is -0.547. The highest BCUT2D eigenvalue weighted by Gasteiger charge is 2.21. The fourth-order valence-corrected chi connectivity index (χ4v) is 3.94. The predicted octanol–water partition coefficient (Wildman–Crippen LogP) is 1.37. The highest BCUT2D eigenvalue weighted by Crippen LogP contribution is 2.30. The molecule has 222 valence electrons. The molecule has 0 saturated heterocycles. The van der Waals surface area contributed by atoms with Crippen LogP contribution in [0.4, 0.5) is 10.5 Å². The Labute approximate surface area is 243 Å². The Hall–Kier alpha value is -5.33. The molecule has 3 aromatic rings. The number of benzene rings is 3. The maximum absolute atomic E-state index is 13.1. The fourth-order valence-electron chi connectivity index (χ4n) is 3.94. The van der Waals surface area contributed by atoms with Gasteiger partial charge < -0.3 is 36.9 Å². The van der Waals surface area contributed by atoms with E-state index in [1.807, 2.05) is 48.5 Å². The largest absolute Gasteiger partial charge is 0.496 e. The topological polar surface area (TPSA) is 199 Å². The average molecular weight is 578 g/mol. The molecule has 3 rings (SSSR count). The zero-order valence-electron chi connectivity index (χ0n) is 23.2. The van der Waals surface area contributed by atoms with Gasteiger partial charge >= 0.3 is 6.09 Å². The molecule has 0 aromatic heterocycles. The van der Waals surface area contributed by atoms with Crippen LogP contribution in [0.25, 0.3) is 10.8 Å². The van der Waals surface area contributed by atoms with E-state index >= 15 is 0 Å². The Bertz CT molecular complexity index is 1410. The number of nitrogens with one attached hydrogen (secondary N) is 4. The minimum Gasteiger partial charge on any atom is -0.496 e. The standard InChI is InChI=1S/C29H35N7O6/c1-41-24-15-21(14-20-10-5-6-11-22(20)24)35-23(12-7-13-32-28(30)31)27(39)36-26(38)17-33-25(37)16-34-29(40)42-18-19-8-3-2-4-9-19/h2-6,8-11,14-15,23,35H,7,12-13,16-18H2,1H3,(H,33,37)(H,34,40)(H4,30,31,32)(H,36,38,39)/t23-/m0/s1. The van der Waals surface area contributed by atoms with E-state index in [4.69, 9.17) is 20.9 Å². The van der Waals surface area contributed by atoms with Crippen molar-refractivity contribution in [1.82, 2.24) is 16.0 Å². The smallest absolute Gasteiger partial charge is 0.407 e. The molecule has 0 bridgehead atoms. The average Bonchev–Trinajstić information content (AvgIpc) is 2.99. The molecule has 0 heterocycles. The van der Waals surface area contributed by atoms with E-state index < -0.39 is 42.9 Å². The minimum absolute atomic E-state index is 0.0476. The number of nitrogens with zero attached hydrogens (tertiary/aromatic N) is 1. The lowest BCUT2D eigenvalue weighted by Gasteiger charge is -2.20. The second-order valence-electron chi connectivity index (χ2n) is 9.15. The number of carbonyl (C=O) groups excluding carboxylic acids is 4. The van der Waals surface area contributed by atoms with E-state index in [2.05, 4.69) is 26.3 Å². The second-order valence-corrected chi connectivity index (χ2v) is 9.15. The van der Waals surface area contributed by atoms with Gasteiger partial charge in [-0.05, 0) is 29.9 Å². The summed E-state index contributed by atoms with van der Waals surface area (Å²) in [7, 11) is 1.56. The van der Waals surface area contributed by atoms with Gasteiger partial charge in [0.25, 0.3) is 0 Å². The second kappa shape index (κ2) is 16.1. The summed E-state index contributed by atoms with van der Waals surface area (Å²) in [4.78, 5) is 53.3. The van der Waals surface area contributed by atoms with Gasteiger partial charge in [-0.2, -0.15) is 0 Å². The molecule has 13 nitrogen and oxygen atoms in total. The van der Waals surface area contributed by atoms with Crippen molar-refractivity contribution in [3.63, 3.8) is 0 Å². The van der Waals surface area contributed by atoms with E-state index in [-0.39, 0.29) is 12.6 Å². The van der Waals surface area contributed by atoms with Crippen LogP contribution >= 0.6 is 0 Å². The Morgan fingerprint density at radius 3 is 2.36 bits per heavy atom. The molecular weight excluding hydrogens is 542 g/mol. The number of anilines is 1. The van der Waals surface area contributed by atoms with Crippen molar-refractivity contribution in [1.29, 1.82) is 0 Å². The summed E-state index contributed by atoms with van der Waals surface area (Å²) in [5, 5.41) is 11.9. The number of carbonyl (C=O) groups is 4. The SMILES string of the molecule is COc1cc(N[C@@H](CCCN=C(N)N)C(=O)NC(=O)CNC(=O)CNC(=O)OCc2ccccc2)cc2ccccc12. The van der Waals surface area contributed by atoms with Crippen LogP contribution in [0.2, 0.25) is 0 Å². The number of fused-ring (bicyclic) bond motifs is 1. The number of nitrogens with two attached hydrogens (primary N) is 2. The number of imide groups is 1. The molecule has 42 heavy (non-hydrogen) atoms. The maximum atomic E-state index is 13.1. The molecule has 8 N–H and O–H groups in total. The van der Waals surface area contributed by atoms with Gasteiger partial charge in [-0.3, -0.25) is 24.7 Å². The molecule has 0 spiro atoms. The third-order valence-electron chi connectivity index (χ3n) is 5.96. The quantitative estimate of drug-likeness (QED) is 0.0930. The first-order valence-electron chi connectivity index (χ1n) is 13.2. The lowest BCUT2D eigenvalue weighted by Crippen LogP contribution is -2.47. The number of aliphatic imine (C=N–C) groups is 1. The Morgan fingerprint density at radius 2 is 1.62 bits per heavy atom. The van der Waals surface area contributed by atoms with Gasteiger partial charge in [-0.25, -0.2) is 4.79 Å². The van der Waals surface area contributed by atoms with Crippen molar-refractivity contribution in [2.75, 3.05) is 32.1 Å².